The van der Waals surface area contributed by atoms with Crippen LogP contribution >= 0.6 is 11.8 Å². The number of nitrogens with zero attached hydrogens (tertiary/aromatic N) is 2. The Kier molecular flexibility index (Phi) is 4.45. The van der Waals surface area contributed by atoms with Gasteiger partial charge in [-0.3, -0.25) is 24.6 Å². The molecule has 8 heteroatoms. The van der Waals surface area contributed by atoms with E-state index in [0.717, 1.165) is 22.2 Å². The van der Waals surface area contributed by atoms with Gasteiger partial charge in [-0.05, 0) is 49.4 Å². The molecule has 0 spiro atoms. The molecule has 1 aliphatic heterocycles. The molecule has 0 saturated carbocycles. The molecule has 7 nitrogen and oxygen atoms in total. The van der Waals surface area contributed by atoms with E-state index in [9.17, 15) is 19.7 Å². The van der Waals surface area contributed by atoms with Gasteiger partial charge in [-0.25, -0.2) is 0 Å². The van der Waals surface area contributed by atoms with Crippen molar-refractivity contribution in [1.29, 1.82) is 0 Å². The summed E-state index contributed by atoms with van der Waals surface area (Å²) >= 11 is 0.847. The van der Waals surface area contributed by atoms with Crippen LogP contribution in [0, 0.1) is 17.0 Å². The number of thioether (sulfide) groups is 1. The van der Waals surface area contributed by atoms with E-state index < -0.39 is 4.92 Å². The Bertz CT molecular complexity index is 916. The Hall–Kier alpha value is -2.87. The first kappa shape index (κ1) is 17.0. The second-order valence-corrected chi connectivity index (χ2v) is 6.40. The first-order valence-electron chi connectivity index (χ1n) is 7.51. The molecule has 2 heterocycles. The molecule has 0 N–H and O–H groups in total. The highest BCUT2D eigenvalue weighted by Crippen LogP contribution is 2.35. The van der Waals surface area contributed by atoms with E-state index >= 15 is 0 Å². The van der Waals surface area contributed by atoms with Crippen LogP contribution in [-0.2, 0) is 4.79 Å². The summed E-state index contributed by atoms with van der Waals surface area (Å²) in [6.45, 7) is 3.80. The molecule has 3 rings (SSSR count). The minimum atomic E-state index is -0.461. The largest absolute Gasteiger partial charge is 0.456 e. The summed E-state index contributed by atoms with van der Waals surface area (Å²) in [5.74, 6) is 0.316. The molecular weight excluding hydrogens is 344 g/mol. The third-order valence-electron chi connectivity index (χ3n) is 3.71. The minimum absolute atomic E-state index is 0.0489. The zero-order valence-corrected chi connectivity index (χ0v) is 14.3. The van der Waals surface area contributed by atoms with E-state index in [1.165, 1.54) is 12.1 Å². The fraction of sp³-hybridized carbons (Fsp3) is 0.176. The molecule has 2 aromatic rings. The van der Waals surface area contributed by atoms with Crippen molar-refractivity contribution in [1.82, 2.24) is 4.90 Å². The Morgan fingerprint density at radius 2 is 2.04 bits per heavy atom. The van der Waals surface area contributed by atoms with Gasteiger partial charge >= 0.3 is 0 Å². The van der Waals surface area contributed by atoms with Gasteiger partial charge in [-0.2, -0.15) is 0 Å². The third-order valence-corrected chi connectivity index (χ3v) is 4.61. The molecule has 25 heavy (non-hydrogen) atoms. The molecule has 1 saturated heterocycles. The number of likely N-dealkylation sites (N-methyl/N-ethyl adjacent to an activating group) is 1. The number of carbonyl (C=O) groups is 2. The SMILES string of the molecule is CCN1C(=O)SC(=Cc2ccc(-c3ccc(C)cc3[N+](=O)[O-])o2)C1=O. The van der Waals surface area contributed by atoms with Crippen molar-refractivity contribution in [3.63, 3.8) is 0 Å². The number of hydrogen-bond acceptors (Lipinski definition) is 6. The van der Waals surface area contributed by atoms with Crippen LogP contribution in [0.15, 0.2) is 39.7 Å². The first-order valence-corrected chi connectivity index (χ1v) is 8.33. The number of benzene rings is 1. The fourth-order valence-electron chi connectivity index (χ4n) is 2.48. The van der Waals surface area contributed by atoms with Gasteiger partial charge in [0, 0.05) is 18.7 Å². The van der Waals surface area contributed by atoms with E-state index in [1.807, 2.05) is 0 Å². The van der Waals surface area contributed by atoms with Gasteiger partial charge < -0.3 is 4.42 Å². The number of carbonyl (C=O) groups excluding carboxylic acids is 2. The van der Waals surface area contributed by atoms with Gasteiger partial charge in [0.2, 0.25) is 0 Å². The molecule has 2 amide bonds. The highest BCUT2D eigenvalue weighted by Gasteiger charge is 2.34. The molecule has 0 aliphatic carbocycles. The highest BCUT2D eigenvalue weighted by molar-refractivity contribution is 8.18. The number of furan rings is 1. The van der Waals surface area contributed by atoms with Crippen LogP contribution < -0.4 is 0 Å². The standard InChI is InChI=1S/C17H14N2O5S/c1-3-18-16(20)15(25-17(18)21)9-11-5-7-14(24-11)12-6-4-10(2)8-13(12)19(22)23/h4-9H,3H2,1-2H3. The van der Waals surface area contributed by atoms with E-state index in [-0.39, 0.29) is 21.7 Å². The van der Waals surface area contributed by atoms with E-state index in [0.29, 0.717) is 23.6 Å². The minimum Gasteiger partial charge on any atom is -0.456 e. The summed E-state index contributed by atoms with van der Waals surface area (Å²) in [4.78, 5) is 36.0. The van der Waals surface area contributed by atoms with Crippen molar-refractivity contribution in [2.75, 3.05) is 6.54 Å². The normalized spacial score (nSPS) is 16.1. The molecule has 0 unspecified atom stereocenters. The van der Waals surface area contributed by atoms with Crippen LogP contribution in [0.3, 0.4) is 0 Å². The summed E-state index contributed by atoms with van der Waals surface area (Å²) in [5.41, 5.74) is 1.08. The molecule has 128 valence electrons. The fourth-order valence-corrected chi connectivity index (χ4v) is 3.36. The number of imide groups is 1. The Morgan fingerprint density at radius 3 is 2.68 bits per heavy atom. The van der Waals surface area contributed by atoms with Gasteiger partial charge in [-0.1, -0.05) is 6.07 Å². The van der Waals surface area contributed by atoms with E-state index in [1.54, 1.807) is 38.1 Å². The lowest BCUT2D eigenvalue weighted by Gasteiger charge is -2.06. The Balaban J connectivity index is 1.95. The lowest BCUT2D eigenvalue weighted by atomic mass is 10.1. The zero-order valence-electron chi connectivity index (χ0n) is 13.5. The van der Waals surface area contributed by atoms with E-state index in [2.05, 4.69) is 0 Å². The van der Waals surface area contributed by atoms with Crippen molar-refractivity contribution >= 4 is 34.7 Å². The monoisotopic (exact) mass is 358 g/mol. The number of aryl methyl sites for hydroxylation is 1. The smallest absolute Gasteiger partial charge is 0.293 e. The molecule has 1 aromatic heterocycles. The van der Waals surface area contributed by atoms with Gasteiger partial charge in [0.15, 0.2) is 0 Å². The Morgan fingerprint density at radius 1 is 1.28 bits per heavy atom. The van der Waals surface area contributed by atoms with Crippen LogP contribution in [0.4, 0.5) is 10.5 Å². The van der Waals surface area contributed by atoms with Crippen molar-refractivity contribution in [2.24, 2.45) is 0 Å². The molecular formula is C17H14N2O5S. The van der Waals surface area contributed by atoms with Crippen molar-refractivity contribution < 1.29 is 18.9 Å². The molecule has 0 atom stereocenters. The summed E-state index contributed by atoms with van der Waals surface area (Å²) in [7, 11) is 0. The van der Waals surface area contributed by atoms with Gasteiger partial charge in [0.25, 0.3) is 16.8 Å². The summed E-state index contributed by atoms with van der Waals surface area (Å²) < 4.78 is 5.64. The number of nitro groups is 1. The van der Waals surface area contributed by atoms with Crippen LogP contribution in [0.25, 0.3) is 17.4 Å². The zero-order chi connectivity index (χ0) is 18.1. The quantitative estimate of drug-likeness (QED) is 0.461. The molecule has 1 aliphatic rings. The van der Waals surface area contributed by atoms with Crippen molar-refractivity contribution in [3.05, 3.63) is 56.7 Å². The maximum absolute atomic E-state index is 12.1. The second-order valence-electron chi connectivity index (χ2n) is 5.41. The topological polar surface area (TPSA) is 93.7 Å². The first-order chi connectivity index (χ1) is 11.9. The van der Waals surface area contributed by atoms with Gasteiger partial charge in [-0.15, -0.1) is 0 Å². The maximum Gasteiger partial charge on any atom is 0.293 e. The van der Waals surface area contributed by atoms with Gasteiger partial charge in [0.05, 0.1) is 15.4 Å². The number of hydrogen-bond donors (Lipinski definition) is 0. The van der Waals surface area contributed by atoms with Crippen molar-refractivity contribution in [3.8, 4) is 11.3 Å². The number of nitro benzene ring substituents is 1. The van der Waals surface area contributed by atoms with Crippen molar-refractivity contribution in [2.45, 2.75) is 13.8 Å². The number of rotatable bonds is 4. The molecule has 0 radical (unpaired) electrons. The summed E-state index contributed by atoms with van der Waals surface area (Å²) in [6.07, 6.45) is 1.48. The molecule has 0 bridgehead atoms. The van der Waals surface area contributed by atoms with Crippen LogP contribution in [0.2, 0.25) is 0 Å². The lowest BCUT2D eigenvalue weighted by Crippen LogP contribution is -2.27. The van der Waals surface area contributed by atoms with Gasteiger partial charge in [0.1, 0.15) is 11.5 Å². The predicted molar refractivity (Wildman–Crippen MR) is 93.9 cm³/mol. The van der Waals surface area contributed by atoms with Crippen LogP contribution in [0.1, 0.15) is 18.2 Å². The van der Waals surface area contributed by atoms with E-state index in [4.69, 9.17) is 4.42 Å². The number of amides is 2. The summed E-state index contributed by atoms with van der Waals surface area (Å²) in [5, 5.41) is 10.9. The second kappa shape index (κ2) is 6.56. The maximum atomic E-state index is 12.1. The lowest BCUT2D eigenvalue weighted by molar-refractivity contribution is -0.384. The third kappa shape index (κ3) is 3.20. The molecule has 1 fully saturated rings. The average Bonchev–Trinajstić information content (AvgIpc) is 3.12. The van der Waals surface area contributed by atoms with Crippen LogP contribution in [0.5, 0.6) is 0 Å². The van der Waals surface area contributed by atoms with Crippen LogP contribution in [-0.4, -0.2) is 27.5 Å². The average molecular weight is 358 g/mol. The Labute approximate surface area is 147 Å². The summed E-state index contributed by atoms with van der Waals surface area (Å²) in [6, 6.07) is 8.08. The highest BCUT2D eigenvalue weighted by atomic mass is 32.2. The predicted octanol–water partition coefficient (Wildman–Crippen LogP) is 4.22. The molecule has 1 aromatic carbocycles.